The number of ether oxygens (including phenoxy) is 2. The predicted molar refractivity (Wildman–Crippen MR) is 77.0 cm³/mol. The fourth-order valence-corrected chi connectivity index (χ4v) is 2.33. The number of hydrogen-bond donors (Lipinski definition) is 0. The highest BCUT2D eigenvalue weighted by atomic mass is 16.5. The van der Waals surface area contributed by atoms with Crippen LogP contribution in [0.5, 0.6) is 0 Å². The molecule has 0 heterocycles. The molecule has 0 spiro atoms. The van der Waals surface area contributed by atoms with Gasteiger partial charge < -0.3 is 9.47 Å². The maximum absolute atomic E-state index is 11.6. The monoisotopic (exact) mass is 282 g/mol. The lowest BCUT2D eigenvalue weighted by Crippen LogP contribution is -2.24. The first-order valence-corrected chi connectivity index (χ1v) is 7.52. The third-order valence-corrected chi connectivity index (χ3v) is 4.07. The van der Waals surface area contributed by atoms with Crippen molar-refractivity contribution < 1.29 is 19.1 Å². The molecule has 0 saturated heterocycles. The lowest BCUT2D eigenvalue weighted by Gasteiger charge is -2.28. The Morgan fingerprint density at radius 3 is 2.10 bits per heavy atom. The molecule has 0 N–H and O–H groups in total. The quantitative estimate of drug-likeness (QED) is 0.532. The van der Waals surface area contributed by atoms with Crippen LogP contribution in [0.15, 0.2) is 12.7 Å². The van der Waals surface area contributed by atoms with Crippen molar-refractivity contribution >= 4 is 11.9 Å². The topological polar surface area (TPSA) is 52.6 Å². The maximum atomic E-state index is 11.6. The van der Waals surface area contributed by atoms with Gasteiger partial charge in [0.1, 0.15) is 0 Å². The molecule has 4 nitrogen and oxygen atoms in total. The van der Waals surface area contributed by atoms with Gasteiger partial charge in [0.25, 0.3) is 0 Å². The highest BCUT2D eigenvalue weighted by Gasteiger charge is 2.23. The van der Waals surface area contributed by atoms with Crippen LogP contribution in [0.4, 0.5) is 0 Å². The zero-order valence-corrected chi connectivity index (χ0v) is 12.6. The van der Waals surface area contributed by atoms with E-state index in [0.717, 1.165) is 32.1 Å². The maximum Gasteiger partial charge on any atom is 0.330 e. The van der Waals surface area contributed by atoms with Gasteiger partial charge in [-0.3, -0.25) is 4.79 Å². The van der Waals surface area contributed by atoms with Crippen molar-refractivity contribution in [2.24, 2.45) is 17.8 Å². The van der Waals surface area contributed by atoms with E-state index >= 15 is 0 Å². The van der Waals surface area contributed by atoms with E-state index < -0.39 is 0 Å². The molecule has 0 radical (unpaired) electrons. The Bertz CT molecular complexity index is 329. The van der Waals surface area contributed by atoms with Gasteiger partial charge in [-0.05, 0) is 43.9 Å². The van der Waals surface area contributed by atoms with E-state index in [-0.39, 0.29) is 17.9 Å². The van der Waals surface area contributed by atoms with Crippen LogP contribution >= 0.6 is 0 Å². The standard InChI is InChI=1S/C16H26O4/c1-4-12(3)16(18)20-11-14-8-6-13(7-9-14)10-19-15(17)5-2/h5,12-14H,2,4,6-11H2,1,3H3. The second-order valence-corrected chi connectivity index (χ2v) is 5.66. The summed E-state index contributed by atoms with van der Waals surface area (Å²) >= 11 is 0. The third-order valence-electron chi connectivity index (χ3n) is 4.07. The highest BCUT2D eigenvalue weighted by molar-refractivity contribution is 5.81. The molecule has 1 aliphatic carbocycles. The third kappa shape index (κ3) is 5.76. The molecule has 0 bridgehead atoms. The molecular weight excluding hydrogens is 256 g/mol. The molecule has 1 unspecified atom stereocenters. The molecular formula is C16H26O4. The minimum absolute atomic E-state index is 0.00958. The lowest BCUT2D eigenvalue weighted by molar-refractivity contribution is -0.150. The number of carbonyl (C=O) groups excluding carboxylic acids is 2. The van der Waals surface area contributed by atoms with Crippen LogP contribution in [0.2, 0.25) is 0 Å². The molecule has 1 fully saturated rings. The zero-order chi connectivity index (χ0) is 15.0. The fourth-order valence-electron chi connectivity index (χ4n) is 2.33. The van der Waals surface area contributed by atoms with Gasteiger partial charge in [0.05, 0.1) is 19.1 Å². The summed E-state index contributed by atoms with van der Waals surface area (Å²) in [5, 5.41) is 0. The first kappa shape index (κ1) is 16.7. The predicted octanol–water partition coefficient (Wildman–Crippen LogP) is 3.11. The SMILES string of the molecule is C=CC(=O)OCC1CCC(COC(=O)C(C)CC)CC1. The number of esters is 2. The molecule has 0 aromatic heterocycles. The highest BCUT2D eigenvalue weighted by Crippen LogP contribution is 2.29. The van der Waals surface area contributed by atoms with Gasteiger partial charge >= 0.3 is 11.9 Å². The Morgan fingerprint density at radius 2 is 1.65 bits per heavy atom. The summed E-state index contributed by atoms with van der Waals surface area (Å²) in [6.45, 7) is 8.27. The van der Waals surface area contributed by atoms with Gasteiger partial charge in [-0.15, -0.1) is 0 Å². The lowest BCUT2D eigenvalue weighted by atomic mass is 9.83. The first-order valence-electron chi connectivity index (χ1n) is 7.52. The van der Waals surface area contributed by atoms with Crippen molar-refractivity contribution in [2.45, 2.75) is 46.0 Å². The average molecular weight is 282 g/mol. The average Bonchev–Trinajstić information content (AvgIpc) is 2.50. The molecule has 20 heavy (non-hydrogen) atoms. The molecule has 0 aromatic rings. The van der Waals surface area contributed by atoms with Crippen molar-refractivity contribution in [1.82, 2.24) is 0 Å². The zero-order valence-electron chi connectivity index (χ0n) is 12.6. The van der Waals surface area contributed by atoms with E-state index in [4.69, 9.17) is 9.47 Å². The first-order chi connectivity index (χ1) is 9.56. The Hall–Kier alpha value is -1.32. The van der Waals surface area contributed by atoms with Crippen molar-refractivity contribution in [2.75, 3.05) is 13.2 Å². The van der Waals surface area contributed by atoms with E-state index in [0.29, 0.717) is 25.0 Å². The summed E-state index contributed by atoms with van der Waals surface area (Å²) in [6, 6.07) is 0. The summed E-state index contributed by atoms with van der Waals surface area (Å²) in [5.41, 5.74) is 0. The minimum atomic E-state index is -0.352. The Kier molecular flexibility index (Phi) is 7.34. The van der Waals surface area contributed by atoms with Crippen LogP contribution in [0.1, 0.15) is 46.0 Å². The van der Waals surface area contributed by atoms with Crippen molar-refractivity contribution in [3.05, 3.63) is 12.7 Å². The van der Waals surface area contributed by atoms with E-state index in [2.05, 4.69) is 6.58 Å². The fraction of sp³-hybridized carbons (Fsp3) is 0.750. The summed E-state index contributed by atoms with van der Waals surface area (Å²) in [4.78, 5) is 22.6. The number of rotatable bonds is 7. The van der Waals surface area contributed by atoms with Gasteiger partial charge in [-0.2, -0.15) is 0 Å². The molecule has 4 heteroatoms. The van der Waals surface area contributed by atoms with Crippen molar-refractivity contribution in [3.8, 4) is 0 Å². The van der Waals surface area contributed by atoms with E-state index in [9.17, 15) is 9.59 Å². The van der Waals surface area contributed by atoms with Gasteiger partial charge in [-0.25, -0.2) is 4.79 Å². The minimum Gasteiger partial charge on any atom is -0.465 e. The van der Waals surface area contributed by atoms with Crippen LogP contribution in [0.25, 0.3) is 0 Å². The van der Waals surface area contributed by atoms with Crippen LogP contribution in [-0.4, -0.2) is 25.2 Å². The summed E-state index contributed by atoms with van der Waals surface area (Å²) < 4.78 is 10.4. The number of carbonyl (C=O) groups is 2. The second kappa shape index (κ2) is 8.77. The van der Waals surface area contributed by atoms with Crippen molar-refractivity contribution in [1.29, 1.82) is 0 Å². The van der Waals surface area contributed by atoms with Crippen LogP contribution < -0.4 is 0 Å². The molecule has 0 aliphatic heterocycles. The van der Waals surface area contributed by atoms with Crippen LogP contribution in [-0.2, 0) is 19.1 Å². The molecule has 1 saturated carbocycles. The molecule has 114 valence electrons. The van der Waals surface area contributed by atoms with Gasteiger partial charge in [0, 0.05) is 6.08 Å². The second-order valence-electron chi connectivity index (χ2n) is 5.66. The van der Waals surface area contributed by atoms with E-state index in [1.54, 1.807) is 0 Å². The largest absolute Gasteiger partial charge is 0.465 e. The Balaban J connectivity index is 2.17. The van der Waals surface area contributed by atoms with Crippen LogP contribution in [0.3, 0.4) is 0 Å². The molecule has 1 rings (SSSR count). The van der Waals surface area contributed by atoms with Crippen molar-refractivity contribution in [3.63, 3.8) is 0 Å². The molecule has 0 aromatic carbocycles. The van der Waals surface area contributed by atoms with E-state index in [1.165, 1.54) is 6.08 Å². The van der Waals surface area contributed by atoms with E-state index in [1.807, 2.05) is 13.8 Å². The smallest absolute Gasteiger partial charge is 0.330 e. The Labute approximate surface area is 121 Å². The van der Waals surface area contributed by atoms with Gasteiger partial charge in [0.15, 0.2) is 0 Å². The summed E-state index contributed by atoms with van der Waals surface area (Å²) in [6.07, 6.45) is 6.13. The normalized spacial score (nSPS) is 23.7. The molecule has 0 amide bonds. The molecule has 1 aliphatic rings. The van der Waals surface area contributed by atoms with Gasteiger partial charge in [0.2, 0.25) is 0 Å². The van der Waals surface area contributed by atoms with Gasteiger partial charge in [-0.1, -0.05) is 20.4 Å². The number of hydrogen-bond acceptors (Lipinski definition) is 4. The summed E-state index contributed by atoms with van der Waals surface area (Å²) in [7, 11) is 0. The summed E-state index contributed by atoms with van der Waals surface area (Å²) in [5.74, 6) is 0.434. The Morgan fingerprint density at radius 1 is 1.15 bits per heavy atom. The molecule has 1 atom stereocenters. The van der Waals surface area contributed by atoms with Crippen LogP contribution in [0, 0.1) is 17.8 Å².